The van der Waals surface area contributed by atoms with Crippen LogP contribution in [0, 0.1) is 0 Å². The second-order valence-corrected chi connectivity index (χ2v) is 7.72. The van der Waals surface area contributed by atoms with Gasteiger partial charge >= 0.3 is 0 Å². The number of hydrogen-bond donors (Lipinski definition) is 1. The van der Waals surface area contributed by atoms with Crippen LogP contribution in [0.4, 0.5) is 0 Å². The highest BCUT2D eigenvalue weighted by Crippen LogP contribution is 2.15. The van der Waals surface area contributed by atoms with E-state index in [1.165, 1.54) is 0 Å². The van der Waals surface area contributed by atoms with E-state index in [1.807, 2.05) is 78.3 Å². The third-order valence-corrected chi connectivity index (χ3v) is 5.70. The predicted octanol–water partition coefficient (Wildman–Crippen LogP) is 1.22. The quantitative estimate of drug-likeness (QED) is 0.520. The summed E-state index contributed by atoms with van der Waals surface area (Å²) in [5.74, 6) is 0.537. The highest BCUT2D eigenvalue weighted by Gasteiger charge is 2.25. The van der Waals surface area contributed by atoms with Crippen molar-refractivity contribution >= 4 is 11.8 Å². The molecule has 1 aliphatic heterocycles. The molecule has 0 saturated carbocycles. The fourth-order valence-electron chi connectivity index (χ4n) is 4.14. The van der Waals surface area contributed by atoms with E-state index in [2.05, 4.69) is 9.97 Å². The Morgan fingerprint density at radius 2 is 1.62 bits per heavy atom. The first-order valence-electron chi connectivity index (χ1n) is 10.5. The van der Waals surface area contributed by atoms with Crippen molar-refractivity contribution in [2.45, 2.75) is 26.2 Å². The number of pyridine rings is 2. The van der Waals surface area contributed by atoms with Gasteiger partial charge in [0.15, 0.2) is 5.82 Å². The van der Waals surface area contributed by atoms with Crippen molar-refractivity contribution < 1.29 is 5.11 Å². The van der Waals surface area contributed by atoms with Gasteiger partial charge in [-0.1, -0.05) is 42.5 Å². The van der Waals surface area contributed by atoms with Crippen LogP contribution in [0.15, 0.2) is 83.9 Å². The van der Waals surface area contributed by atoms with Crippen LogP contribution in [-0.4, -0.2) is 35.6 Å². The van der Waals surface area contributed by atoms with Crippen molar-refractivity contribution in [1.82, 2.24) is 24.2 Å². The Morgan fingerprint density at radius 3 is 2.31 bits per heavy atom. The van der Waals surface area contributed by atoms with Crippen LogP contribution >= 0.6 is 0 Å². The molecule has 1 aromatic carbocycles. The number of aliphatic hydroxyl groups is 1. The number of hydrogen-bond acceptors (Lipinski definition) is 5. The molecule has 0 bridgehead atoms. The van der Waals surface area contributed by atoms with E-state index in [9.17, 15) is 9.90 Å². The zero-order valence-corrected chi connectivity index (χ0v) is 17.7. The van der Waals surface area contributed by atoms with Gasteiger partial charge in [-0.05, 0) is 42.8 Å². The van der Waals surface area contributed by atoms with Crippen molar-refractivity contribution in [1.29, 1.82) is 0 Å². The van der Waals surface area contributed by atoms with Crippen molar-refractivity contribution in [2.24, 2.45) is 0 Å². The molecule has 4 heterocycles. The fraction of sp³-hybridized carbons (Fsp3) is 0.160. The van der Waals surface area contributed by atoms with Gasteiger partial charge in [-0.15, -0.1) is 0 Å². The molecule has 0 spiro atoms. The first-order valence-corrected chi connectivity index (χ1v) is 10.5. The zero-order chi connectivity index (χ0) is 22.1. The number of nitrogens with zero attached hydrogens (tertiary/aromatic N) is 5. The molecule has 0 saturated heterocycles. The Balaban J connectivity index is 1.73. The molecule has 5 rings (SSSR count). The summed E-state index contributed by atoms with van der Waals surface area (Å²) in [6.45, 7) is 2.74. The number of aliphatic hydroxyl groups excluding tert-OH is 1. The lowest BCUT2D eigenvalue weighted by Gasteiger charge is -2.30. The van der Waals surface area contributed by atoms with Crippen LogP contribution < -0.4 is 16.1 Å². The number of benzene rings is 1. The minimum atomic E-state index is -0.884. The maximum absolute atomic E-state index is 13.7. The van der Waals surface area contributed by atoms with Gasteiger partial charge in [-0.2, -0.15) is 4.68 Å². The SMILES string of the molecule is CC1=c2c(n(Cc3ccccc3)n(-c3ccccn3)c2=O)=CC(O)N1Cc1ccccn1. The van der Waals surface area contributed by atoms with Crippen molar-refractivity contribution in [2.75, 3.05) is 0 Å². The average Bonchev–Trinajstić information content (AvgIpc) is 3.09. The normalized spacial score (nSPS) is 15.4. The molecule has 1 atom stereocenters. The first kappa shape index (κ1) is 20.0. The molecule has 0 aliphatic carbocycles. The molecule has 0 amide bonds. The summed E-state index contributed by atoms with van der Waals surface area (Å²) in [4.78, 5) is 24.3. The smallest absolute Gasteiger partial charge is 0.282 e. The van der Waals surface area contributed by atoms with Crippen molar-refractivity contribution in [3.63, 3.8) is 0 Å². The average molecular weight is 425 g/mol. The van der Waals surface area contributed by atoms with Gasteiger partial charge in [0.2, 0.25) is 0 Å². The Kier molecular flexibility index (Phi) is 5.17. The van der Waals surface area contributed by atoms with Gasteiger partial charge in [0.05, 0.1) is 29.4 Å². The summed E-state index contributed by atoms with van der Waals surface area (Å²) in [5, 5.41) is 12.2. The molecule has 1 N–H and O–H groups in total. The molecule has 3 aromatic heterocycles. The molecule has 4 aromatic rings. The topological polar surface area (TPSA) is 76.2 Å². The van der Waals surface area contributed by atoms with Gasteiger partial charge in [-0.3, -0.25) is 14.5 Å². The minimum Gasteiger partial charge on any atom is -0.370 e. The standard InChI is InChI=1S/C25H23N5O2/c1-18-24-21(15-23(31)28(18)17-20-11-5-7-13-26-20)29(16-19-9-3-2-4-10-19)30(25(24)32)22-12-6-8-14-27-22/h2-15,23,31H,16-17H2,1H3. The highest BCUT2D eigenvalue weighted by molar-refractivity contribution is 5.49. The molecule has 7 nitrogen and oxygen atoms in total. The third kappa shape index (κ3) is 3.52. The lowest BCUT2D eigenvalue weighted by molar-refractivity contribution is 0.0915. The Morgan fingerprint density at radius 1 is 0.906 bits per heavy atom. The number of aromatic nitrogens is 4. The summed E-state index contributed by atoms with van der Waals surface area (Å²) in [5.41, 5.74) is 2.41. The van der Waals surface area contributed by atoms with E-state index < -0.39 is 6.23 Å². The maximum Gasteiger partial charge on any atom is 0.282 e. The zero-order valence-electron chi connectivity index (χ0n) is 17.7. The summed E-state index contributed by atoms with van der Waals surface area (Å²) in [6, 6.07) is 21.1. The number of fused-ring (bicyclic) bond motifs is 1. The van der Waals surface area contributed by atoms with E-state index in [1.54, 1.807) is 28.1 Å². The van der Waals surface area contributed by atoms with Gasteiger partial charge < -0.3 is 10.0 Å². The van der Waals surface area contributed by atoms with E-state index in [0.717, 1.165) is 11.3 Å². The minimum absolute atomic E-state index is 0.165. The molecule has 0 fully saturated rings. The summed E-state index contributed by atoms with van der Waals surface area (Å²) < 4.78 is 3.48. The van der Waals surface area contributed by atoms with Crippen LogP contribution in [0.1, 0.15) is 18.2 Å². The van der Waals surface area contributed by atoms with E-state index in [-0.39, 0.29) is 5.56 Å². The molecule has 7 heteroatoms. The Bertz CT molecular complexity index is 1410. The second kappa shape index (κ2) is 8.28. The van der Waals surface area contributed by atoms with Gasteiger partial charge in [-0.25, -0.2) is 4.98 Å². The van der Waals surface area contributed by atoms with Crippen LogP contribution in [0.3, 0.4) is 0 Å². The Labute approximate surface area is 184 Å². The van der Waals surface area contributed by atoms with E-state index in [4.69, 9.17) is 0 Å². The molecule has 32 heavy (non-hydrogen) atoms. The summed E-state index contributed by atoms with van der Waals surface area (Å²) >= 11 is 0. The molecule has 0 radical (unpaired) electrons. The van der Waals surface area contributed by atoms with Gasteiger partial charge in [0.1, 0.15) is 6.23 Å². The molecule has 1 aliphatic rings. The molecule has 160 valence electrons. The third-order valence-electron chi connectivity index (χ3n) is 5.70. The van der Waals surface area contributed by atoms with Crippen LogP contribution in [-0.2, 0) is 13.1 Å². The lowest BCUT2D eigenvalue weighted by Crippen LogP contribution is -2.49. The highest BCUT2D eigenvalue weighted by atomic mass is 16.3. The van der Waals surface area contributed by atoms with Crippen LogP contribution in [0.25, 0.3) is 17.6 Å². The summed E-state index contributed by atoms with van der Waals surface area (Å²) in [7, 11) is 0. The molecule has 1 unspecified atom stereocenters. The van der Waals surface area contributed by atoms with E-state index >= 15 is 0 Å². The maximum atomic E-state index is 13.7. The molecular weight excluding hydrogens is 402 g/mol. The monoisotopic (exact) mass is 425 g/mol. The van der Waals surface area contributed by atoms with Gasteiger partial charge in [0, 0.05) is 18.1 Å². The van der Waals surface area contributed by atoms with Crippen molar-refractivity contribution in [3.05, 3.63) is 111 Å². The number of rotatable bonds is 5. The van der Waals surface area contributed by atoms with Crippen LogP contribution in [0.2, 0.25) is 0 Å². The van der Waals surface area contributed by atoms with Gasteiger partial charge in [0.25, 0.3) is 5.56 Å². The fourth-order valence-corrected chi connectivity index (χ4v) is 4.14. The van der Waals surface area contributed by atoms with E-state index in [0.29, 0.717) is 35.2 Å². The van der Waals surface area contributed by atoms with Crippen molar-refractivity contribution in [3.8, 4) is 5.82 Å². The molecular formula is C25H23N5O2. The largest absolute Gasteiger partial charge is 0.370 e. The van der Waals surface area contributed by atoms with Crippen LogP contribution in [0.5, 0.6) is 0 Å². The summed E-state index contributed by atoms with van der Waals surface area (Å²) in [6.07, 6.45) is 4.24. The first-order chi connectivity index (χ1) is 15.6. The predicted molar refractivity (Wildman–Crippen MR) is 122 cm³/mol. The lowest BCUT2D eigenvalue weighted by atomic mass is 10.2. The Hall–Kier alpha value is -3.97. The second-order valence-electron chi connectivity index (χ2n) is 7.72.